The van der Waals surface area contributed by atoms with Crippen LogP contribution in [0.2, 0.25) is 5.02 Å². The first kappa shape index (κ1) is 45.0. The number of fused-ring (bicyclic) bond motifs is 2. The Hall–Kier alpha value is -5.79. The summed E-state index contributed by atoms with van der Waals surface area (Å²) in [6.07, 6.45) is 9.16. The molecule has 1 spiro atoms. The Morgan fingerprint density at radius 3 is 2.54 bits per heavy atom. The van der Waals surface area contributed by atoms with Gasteiger partial charge in [-0.3, -0.25) is 19.8 Å². The zero-order valence-corrected chi connectivity index (χ0v) is 38.5. The Morgan fingerprint density at radius 1 is 0.970 bits per heavy atom. The molecule has 2 saturated heterocycles. The average molecular weight is 956 g/mol. The molecule has 0 unspecified atom stereocenters. The number of hydrogen-bond acceptors (Lipinski definition) is 13. The highest BCUT2D eigenvalue weighted by atomic mass is 35.5. The monoisotopic (exact) mass is 954 g/mol. The van der Waals surface area contributed by atoms with Gasteiger partial charge in [0.05, 0.1) is 53.6 Å². The molecular weight excluding hydrogens is 903 g/mol. The van der Waals surface area contributed by atoms with Gasteiger partial charge in [0.25, 0.3) is 21.6 Å². The molecule has 2 aliphatic carbocycles. The number of nitrogens with one attached hydrogen (secondary N) is 3. The average Bonchev–Trinajstić information content (AvgIpc) is 3.68. The van der Waals surface area contributed by atoms with E-state index in [0.717, 1.165) is 67.7 Å². The Kier molecular flexibility index (Phi) is 12.6. The molecule has 3 N–H and O–H groups in total. The fraction of sp³-hybridized carbons (Fsp3) is 0.417. The third-order valence-electron chi connectivity index (χ3n) is 13.9. The van der Waals surface area contributed by atoms with Crippen LogP contribution in [0.5, 0.6) is 5.88 Å². The number of aromatic amines is 1. The lowest BCUT2D eigenvalue weighted by molar-refractivity contribution is -0.384. The number of H-pyrrole nitrogens is 1. The number of ether oxygens (including phenoxy) is 3. The Balaban J connectivity index is 0.925. The zero-order valence-electron chi connectivity index (χ0n) is 36.9. The van der Waals surface area contributed by atoms with Crippen molar-refractivity contribution in [2.75, 3.05) is 87.4 Å². The summed E-state index contributed by atoms with van der Waals surface area (Å²) in [7, 11) is -4.85. The molecule has 2 aromatic heterocycles. The van der Waals surface area contributed by atoms with E-state index in [2.05, 4.69) is 37.0 Å². The van der Waals surface area contributed by atoms with Crippen LogP contribution in [-0.2, 0) is 19.5 Å². The number of nitro benzene ring substituents is 1. The maximum atomic E-state index is 15.6. The minimum Gasteiger partial charge on any atom is -0.476 e. The lowest BCUT2D eigenvalue weighted by Crippen LogP contribution is -2.47. The number of pyridine rings is 1. The number of halogens is 2. The molecule has 1 saturated carbocycles. The number of hydrogen-bond donors (Lipinski definition) is 3. The van der Waals surface area contributed by atoms with Crippen molar-refractivity contribution in [1.82, 2.24) is 19.6 Å². The van der Waals surface area contributed by atoms with Gasteiger partial charge in [0, 0.05) is 74.2 Å². The maximum absolute atomic E-state index is 15.6. The minimum atomic E-state index is -4.85. The van der Waals surface area contributed by atoms with Crippen molar-refractivity contribution in [3.05, 3.63) is 111 Å². The number of rotatable bonds is 12. The molecule has 19 heteroatoms. The lowest BCUT2D eigenvalue weighted by atomic mass is 9.59. The Labute approximate surface area is 392 Å². The largest absolute Gasteiger partial charge is 0.476 e. The van der Waals surface area contributed by atoms with Gasteiger partial charge in [-0.05, 0) is 104 Å². The molecule has 3 fully saturated rings. The van der Waals surface area contributed by atoms with E-state index in [1.165, 1.54) is 42.4 Å². The Bertz CT molecular complexity index is 2840. The highest BCUT2D eigenvalue weighted by Crippen LogP contribution is 2.55. The van der Waals surface area contributed by atoms with Crippen LogP contribution >= 0.6 is 11.6 Å². The van der Waals surface area contributed by atoms with Gasteiger partial charge in [0.2, 0.25) is 5.88 Å². The molecule has 0 radical (unpaired) electrons. The summed E-state index contributed by atoms with van der Waals surface area (Å²) in [6, 6.07) is 18.7. The van der Waals surface area contributed by atoms with Crippen LogP contribution in [0.3, 0.4) is 0 Å². The number of carbonyl (C=O) groups excluding carboxylic acids is 1. The van der Waals surface area contributed by atoms with Crippen molar-refractivity contribution in [2.24, 2.45) is 5.41 Å². The highest BCUT2D eigenvalue weighted by molar-refractivity contribution is 7.90. The predicted molar refractivity (Wildman–Crippen MR) is 254 cm³/mol. The molecule has 0 bridgehead atoms. The number of sulfonamides is 1. The molecule has 352 valence electrons. The third kappa shape index (κ3) is 9.41. The number of aromatic nitrogens is 2. The molecule has 10 rings (SSSR count). The van der Waals surface area contributed by atoms with Crippen LogP contribution < -0.4 is 24.6 Å². The number of nitro groups is 1. The number of anilines is 4. The second-order valence-electron chi connectivity index (χ2n) is 18.1. The summed E-state index contributed by atoms with van der Waals surface area (Å²) < 4.78 is 62.6. The molecule has 1 atom stereocenters. The van der Waals surface area contributed by atoms with E-state index in [4.69, 9.17) is 30.8 Å². The van der Waals surface area contributed by atoms with Crippen LogP contribution in [0.15, 0.2) is 83.4 Å². The van der Waals surface area contributed by atoms with Crippen molar-refractivity contribution in [1.29, 1.82) is 0 Å². The second kappa shape index (κ2) is 18.7. The van der Waals surface area contributed by atoms with Gasteiger partial charge in [0.15, 0.2) is 5.82 Å². The van der Waals surface area contributed by atoms with Gasteiger partial charge < -0.3 is 34.3 Å². The summed E-state index contributed by atoms with van der Waals surface area (Å²) in [5.41, 5.74) is 5.80. The van der Waals surface area contributed by atoms with Gasteiger partial charge in [-0.15, -0.1) is 0 Å². The van der Waals surface area contributed by atoms with Crippen molar-refractivity contribution in [2.45, 2.75) is 55.9 Å². The number of piperazine rings is 1. The Morgan fingerprint density at radius 2 is 1.79 bits per heavy atom. The van der Waals surface area contributed by atoms with E-state index < -0.39 is 49.0 Å². The molecule has 5 aliphatic rings. The van der Waals surface area contributed by atoms with E-state index in [-0.39, 0.29) is 18.7 Å². The molecule has 3 aliphatic heterocycles. The molecule has 5 aromatic rings. The molecule has 5 heterocycles. The summed E-state index contributed by atoms with van der Waals surface area (Å²) in [6.45, 7) is 5.61. The molecule has 67 heavy (non-hydrogen) atoms. The predicted octanol–water partition coefficient (Wildman–Crippen LogP) is 8.06. The SMILES string of the molecule is O=C(NS(=O)(=O)c1cc(F)c(NC[C@H]2COCCO2)c([N+](=O)[O-])c1)c1ccc(N2CCN(CC3=C(c4ccc(Cl)cc4)CC4(CCC4)CC3)CC2)cc1N1CCCOc2nc3[nH]ccc3cc21. The van der Waals surface area contributed by atoms with Gasteiger partial charge in [-0.1, -0.05) is 35.7 Å². The number of carbonyl (C=O) groups is 1. The first-order chi connectivity index (χ1) is 32.4. The zero-order chi connectivity index (χ0) is 46.3. The molecule has 3 aromatic carbocycles. The van der Waals surface area contributed by atoms with Gasteiger partial charge in [0.1, 0.15) is 17.0 Å². The number of allylic oxidation sites excluding steroid dienone is 1. The second-order valence-corrected chi connectivity index (χ2v) is 20.2. The van der Waals surface area contributed by atoms with Crippen molar-refractivity contribution in [3.8, 4) is 5.88 Å². The van der Waals surface area contributed by atoms with Crippen molar-refractivity contribution in [3.63, 3.8) is 0 Å². The fourth-order valence-electron chi connectivity index (χ4n) is 10.1. The van der Waals surface area contributed by atoms with Crippen LogP contribution in [0.4, 0.5) is 32.8 Å². The summed E-state index contributed by atoms with van der Waals surface area (Å²) in [5, 5.41) is 16.4. The molecule has 16 nitrogen and oxygen atoms in total. The first-order valence-electron chi connectivity index (χ1n) is 22.9. The third-order valence-corrected chi connectivity index (χ3v) is 15.5. The van der Waals surface area contributed by atoms with Crippen molar-refractivity contribution < 1.29 is 36.7 Å². The lowest BCUT2D eigenvalue weighted by Gasteiger charge is -2.47. The van der Waals surface area contributed by atoms with Crippen LogP contribution in [-0.4, -0.2) is 112 Å². The first-order valence-corrected chi connectivity index (χ1v) is 24.7. The summed E-state index contributed by atoms with van der Waals surface area (Å²) in [5.74, 6) is -1.84. The quantitative estimate of drug-likeness (QED) is 0.0807. The highest BCUT2D eigenvalue weighted by Gasteiger charge is 2.41. The normalized spacial score (nSPS) is 19.9. The summed E-state index contributed by atoms with van der Waals surface area (Å²) in [4.78, 5) is 39.4. The van der Waals surface area contributed by atoms with E-state index in [9.17, 15) is 23.3 Å². The van der Waals surface area contributed by atoms with Gasteiger partial charge in [-0.2, -0.15) is 4.98 Å². The number of nitrogens with zero attached hydrogens (tertiary/aromatic N) is 5. The van der Waals surface area contributed by atoms with Crippen LogP contribution in [0.25, 0.3) is 16.6 Å². The van der Waals surface area contributed by atoms with Gasteiger partial charge >= 0.3 is 0 Å². The van der Waals surface area contributed by atoms with E-state index in [1.807, 2.05) is 35.2 Å². The van der Waals surface area contributed by atoms with E-state index in [1.54, 1.807) is 18.3 Å². The van der Waals surface area contributed by atoms with Crippen LogP contribution in [0.1, 0.15) is 60.9 Å². The smallest absolute Gasteiger partial charge is 0.296 e. The molecule has 1 amide bonds. The number of benzene rings is 3. The number of amides is 1. The fourth-order valence-corrected chi connectivity index (χ4v) is 11.2. The van der Waals surface area contributed by atoms with Gasteiger partial charge in [-0.25, -0.2) is 17.5 Å². The minimum absolute atomic E-state index is 0.0131. The standard InChI is InChI=1S/C48H52ClFN8O8S/c49-34-5-3-31(4-6-34)39-27-48(11-1-12-48)13-9-33(39)29-55-16-18-56(19-17-55)35-7-8-38(41(24-35)57-15-2-20-66-47-43(57)23-32-10-14-51-45(32)53-47)46(59)54-67(62,63)37-25-40(50)44(42(26-37)58(60)61)52-28-36-30-64-21-22-65-36/h3-8,10,14,23-26,36,52H,1-2,9,11-13,15-22,27-30H2,(H,51,53)(H,54,59)/t36-/m0/s1. The van der Waals surface area contributed by atoms with Crippen molar-refractivity contribution >= 4 is 72.6 Å². The maximum Gasteiger partial charge on any atom is 0.296 e. The summed E-state index contributed by atoms with van der Waals surface area (Å²) >= 11 is 6.30. The van der Waals surface area contributed by atoms with E-state index >= 15 is 4.39 Å². The van der Waals surface area contributed by atoms with E-state index in [0.29, 0.717) is 67.2 Å². The topological polar surface area (TPSA) is 185 Å². The molecular formula is C48H52ClFN8O8S. The van der Waals surface area contributed by atoms with Crippen LogP contribution in [0, 0.1) is 21.3 Å².